The smallest absolute Gasteiger partial charge is 0.334 e. The Kier molecular flexibility index (Phi) is 4.08. The van der Waals surface area contributed by atoms with Gasteiger partial charge in [0.05, 0.1) is 12.2 Å². The quantitative estimate of drug-likeness (QED) is 0.576. The molecular weight excluding hydrogens is 320 g/mol. The van der Waals surface area contributed by atoms with E-state index in [1.54, 1.807) is 0 Å². The van der Waals surface area contributed by atoms with Crippen LogP contribution in [0.15, 0.2) is 30.3 Å². The number of fused-ring (bicyclic) bond motifs is 1. The van der Waals surface area contributed by atoms with Crippen molar-refractivity contribution in [2.45, 2.75) is 23.9 Å². The van der Waals surface area contributed by atoms with Crippen LogP contribution >= 0.6 is 11.8 Å². The number of rotatable bonds is 4. The summed E-state index contributed by atoms with van der Waals surface area (Å²) in [6.45, 7) is 0. The van der Waals surface area contributed by atoms with Crippen LogP contribution in [0.1, 0.15) is 5.56 Å². The number of nitrogens with one attached hydrogen (secondary N) is 1. The average Bonchev–Trinajstić information content (AvgIpc) is 2.53. The van der Waals surface area contributed by atoms with E-state index in [9.17, 15) is 19.2 Å². The second-order valence-electron chi connectivity index (χ2n) is 5.36. The molecule has 0 aliphatic carbocycles. The molecule has 2 fully saturated rings. The molecule has 7 nitrogen and oxygen atoms in total. The lowest BCUT2D eigenvalue weighted by molar-refractivity contribution is -0.165. The molecule has 1 aromatic rings. The summed E-state index contributed by atoms with van der Waals surface area (Å²) in [5.41, 5.74) is 0.823. The third kappa shape index (κ3) is 2.81. The minimum absolute atomic E-state index is 0.0243. The normalized spacial score (nSPS) is 26.3. The third-order valence-corrected chi connectivity index (χ3v) is 5.11. The summed E-state index contributed by atoms with van der Waals surface area (Å²) >= 11 is 1.18. The van der Waals surface area contributed by atoms with Gasteiger partial charge in [0, 0.05) is 0 Å². The number of β-lactam (4-membered cyclic amide) rings is 1. The van der Waals surface area contributed by atoms with Gasteiger partial charge in [0.25, 0.3) is 0 Å². The number of carbonyl (C=O) groups excluding carboxylic acids is 3. The van der Waals surface area contributed by atoms with E-state index in [0.717, 1.165) is 10.5 Å². The van der Waals surface area contributed by atoms with Gasteiger partial charge in [-0.3, -0.25) is 14.4 Å². The molecule has 3 rings (SSSR count). The zero-order chi connectivity index (χ0) is 16.6. The van der Waals surface area contributed by atoms with E-state index >= 15 is 0 Å². The molecule has 3 atom stereocenters. The Labute approximate surface area is 136 Å². The molecule has 0 radical (unpaired) electrons. The fourth-order valence-electron chi connectivity index (χ4n) is 2.73. The van der Waals surface area contributed by atoms with Crippen molar-refractivity contribution in [2.75, 3.05) is 5.75 Å². The SMILES string of the molecule is O=C(Cc1ccccc1)NC1C(=O)N2C(C(=O)O)C(=O)CS[C@@H]12. The number of amides is 2. The standard InChI is InChI=1S/C15H14N2O5S/c18-9-7-23-14-11(13(20)17(14)12(9)15(21)22)16-10(19)6-8-4-2-1-3-5-8/h1-5,11-12,14H,6-7H2,(H,16,19)(H,21,22)/t11?,12?,14-/m0/s1. The summed E-state index contributed by atoms with van der Waals surface area (Å²) in [6, 6.07) is 6.89. The predicted octanol–water partition coefficient (Wildman–Crippen LogP) is -0.349. The predicted molar refractivity (Wildman–Crippen MR) is 81.6 cm³/mol. The van der Waals surface area contributed by atoms with E-state index in [4.69, 9.17) is 5.11 Å². The zero-order valence-electron chi connectivity index (χ0n) is 12.0. The maximum atomic E-state index is 12.1. The fourth-order valence-corrected chi connectivity index (χ4v) is 3.99. The van der Waals surface area contributed by atoms with Crippen LogP contribution in [-0.2, 0) is 25.6 Å². The maximum Gasteiger partial charge on any atom is 0.334 e. The lowest BCUT2D eigenvalue weighted by atomic mass is 10.00. The molecule has 2 heterocycles. The molecule has 1 aromatic carbocycles. The summed E-state index contributed by atoms with van der Waals surface area (Å²) in [7, 11) is 0. The van der Waals surface area contributed by atoms with Gasteiger partial charge in [0.15, 0.2) is 11.8 Å². The first-order valence-electron chi connectivity index (χ1n) is 7.01. The number of hydrogen-bond donors (Lipinski definition) is 2. The monoisotopic (exact) mass is 334 g/mol. The molecule has 2 unspecified atom stereocenters. The highest BCUT2D eigenvalue weighted by molar-refractivity contribution is 8.00. The molecule has 0 saturated carbocycles. The summed E-state index contributed by atoms with van der Waals surface area (Å²) < 4.78 is 0. The van der Waals surface area contributed by atoms with E-state index in [1.165, 1.54) is 11.8 Å². The largest absolute Gasteiger partial charge is 0.479 e. The summed E-state index contributed by atoms with van der Waals surface area (Å²) in [5.74, 6) is -2.64. The van der Waals surface area contributed by atoms with Crippen molar-refractivity contribution in [2.24, 2.45) is 0 Å². The van der Waals surface area contributed by atoms with Crippen LogP contribution < -0.4 is 5.32 Å². The molecule has 2 N–H and O–H groups in total. The Balaban J connectivity index is 1.65. The number of carbonyl (C=O) groups is 4. The Bertz CT molecular complexity index is 678. The minimum Gasteiger partial charge on any atom is -0.479 e. The van der Waals surface area contributed by atoms with Crippen LogP contribution in [0.3, 0.4) is 0 Å². The lowest BCUT2D eigenvalue weighted by Crippen LogP contribution is -2.76. The van der Waals surface area contributed by atoms with Gasteiger partial charge in [-0.25, -0.2) is 4.79 Å². The van der Waals surface area contributed by atoms with Gasteiger partial charge in [-0.2, -0.15) is 0 Å². The van der Waals surface area contributed by atoms with Crippen LogP contribution in [0.25, 0.3) is 0 Å². The van der Waals surface area contributed by atoms with Gasteiger partial charge >= 0.3 is 5.97 Å². The molecule has 0 aromatic heterocycles. The fraction of sp³-hybridized carbons (Fsp3) is 0.333. The molecule has 2 amide bonds. The van der Waals surface area contributed by atoms with Crippen LogP contribution in [0.4, 0.5) is 0 Å². The van der Waals surface area contributed by atoms with Crippen molar-refractivity contribution >= 4 is 35.3 Å². The Morgan fingerprint density at radius 1 is 1.26 bits per heavy atom. The zero-order valence-corrected chi connectivity index (χ0v) is 12.8. The second kappa shape index (κ2) is 6.04. The second-order valence-corrected chi connectivity index (χ2v) is 6.47. The highest BCUT2D eigenvalue weighted by Crippen LogP contribution is 2.36. The maximum absolute atomic E-state index is 12.1. The van der Waals surface area contributed by atoms with Crippen molar-refractivity contribution in [1.29, 1.82) is 0 Å². The van der Waals surface area contributed by atoms with E-state index < -0.39 is 35.1 Å². The van der Waals surface area contributed by atoms with Crippen molar-refractivity contribution < 1.29 is 24.3 Å². The lowest BCUT2D eigenvalue weighted by Gasteiger charge is -2.51. The highest BCUT2D eigenvalue weighted by atomic mass is 32.2. The number of aliphatic carboxylic acids is 1. The van der Waals surface area contributed by atoms with Gasteiger partial charge in [0.1, 0.15) is 11.4 Å². The molecule has 2 saturated heterocycles. The molecule has 23 heavy (non-hydrogen) atoms. The number of nitrogens with zero attached hydrogens (tertiary/aromatic N) is 1. The summed E-state index contributed by atoms with van der Waals surface area (Å²) in [4.78, 5) is 48.0. The van der Waals surface area contributed by atoms with Crippen molar-refractivity contribution in [3.63, 3.8) is 0 Å². The van der Waals surface area contributed by atoms with Crippen LogP contribution in [-0.4, -0.2) is 56.8 Å². The van der Waals surface area contributed by atoms with E-state index in [1.807, 2.05) is 30.3 Å². The van der Waals surface area contributed by atoms with Gasteiger partial charge in [-0.1, -0.05) is 30.3 Å². The number of hydrogen-bond acceptors (Lipinski definition) is 5. The molecular formula is C15H14N2O5S. The average molecular weight is 334 g/mol. The van der Waals surface area contributed by atoms with Gasteiger partial charge < -0.3 is 15.3 Å². The van der Waals surface area contributed by atoms with Crippen LogP contribution in [0.5, 0.6) is 0 Å². The first kappa shape index (κ1) is 15.5. The Morgan fingerprint density at radius 2 is 1.96 bits per heavy atom. The molecule has 8 heteroatoms. The van der Waals surface area contributed by atoms with Crippen molar-refractivity contribution in [3.05, 3.63) is 35.9 Å². The molecule has 2 aliphatic heterocycles. The number of Topliss-reactive ketones (excluding diaryl/α,β-unsaturated/α-hetero) is 1. The molecule has 120 valence electrons. The van der Waals surface area contributed by atoms with E-state index in [0.29, 0.717) is 0 Å². The highest BCUT2D eigenvalue weighted by Gasteiger charge is 2.57. The molecule has 2 aliphatic rings. The molecule has 0 spiro atoms. The summed E-state index contributed by atoms with van der Waals surface area (Å²) in [6.07, 6.45) is 0.142. The van der Waals surface area contributed by atoms with Gasteiger partial charge in [-0.05, 0) is 5.56 Å². The molecule has 0 bridgehead atoms. The number of benzene rings is 1. The number of carboxylic acids is 1. The van der Waals surface area contributed by atoms with Gasteiger partial charge in [-0.15, -0.1) is 11.8 Å². The number of carboxylic acid groups (broad SMARTS) is 1. The van der Waals surface area contributed by atoms with Crippen molar-refractivity contribution in [3.8, 4) is 0 Å². The Morgan fingerprint density at radius 3 is 2.61 bits per heavy atom. The number of thioether (sulfide) groups is 1. The topological polar surface area (TPSA) is 104 Å². The van der Waals surface area contributed by atoms with Crippen LogP contribution in [0, 0.1) is 0 Å². The third-order valence-electron chi connectivity index (χ3n) is 3.82. The van der Waals surface area contributed by atoms with E-state index in [-0.39, 0.29) is 18.1 Å². The Hall–Kier alpha value is -2.35. The van der Waals surface area contributed by atoms with E-state index in [2.05, 4.69) is 5.32 Å². The first-order valence-corrected chi connectivity index (χ1v) is 8.06. The summed E-state index contributed by atoms with van der Waals surface area (Å²) in [5, 5.41) is 11.2. The van der Waals surface area contributed by atoms with Crippen LogP contribution in [0.2, 0.25) is 0 Å². The number of ketones is 1. The minimum atomic E-state index is -1.43. The van der Waals surface area contributed by atoms with Crippen molar-refractivity contribution in [1.82, 2.24) is 10.2 Å². The first-order chi connectivity index (χ1) is 11.0. The van der Waals surface area contributed by atoms with Gasteiger partial charge in [0.2, 0.25) is 11.8 Å².